The number of alkyl halides is 3. The maximum Gasteiger partial charge on any atom is 0.573 e. The maximum atomic E-state index is 12.2. The van der Waals surface area contributed by atoms with Gasteiger partial charge in [-0.3, -0.25) is 9.78 Å². The Morgan fingerprint density at radius 3 is 2.63 bits per heavy atom. The van der Waals surface area contributed by atoms with Gasteiger partial charge in [-0.2, -0.15) is 0 Å². The summed E-state index contributed by atoms with van der Waals surface area (Å²) in [6.07, 6.45) is -2.16. The van der Waals surface area contributed by atoms with Crippen molar-refractivity contribution in [3.05, 3.63) is 53.9 Å². The number of carbonyl (C=O) groups excluding carboxylic acids is 1. The number of nitrogens with one attached hydrogen (secondary N) is 1. The van der Waals surface area contributed by atoms with Crippen LogP contribution in [0.2, 0.25) is 0 Å². The first kappa shape index (κ1) is 18.5. The monoisotopic (exact) mass is 381 g/mol. The molecule has 0 aliphatic carbocycles. The van der Waals surface area contributed by atoms with Crippen molar-refractivity contribution in [2.45, 2.75) is 18.9 Å². The van der Waals surface area contributed by atoms with E-state index in [-0.39, 0.29) is 24.0 Å². The second-order valence-electron chi connectivity index (χ2n) is 5.49. The van der Waals surface area contributed by atoms with Crippen molar-refractivity contribution in [3.63, 3.8) is 0 Å². The lowest BCUT2D eigenvalue weighted by atomic mass is 10.1. The Hall–Kier alpha value is -3.30. The number of halogens is 3. The smallest absolute Gasteiger partial charge is 0.438 e. The van der Waals surface area contributed by atoms with E-state index in [1.165, 1.54) is 49.8 Å². The number of benzene rings is 1. The quantitative estimate of drug-likeness (QED) is 0.880. The highest BCUT2D eigenvalue weighted by Gasteiger charge is 2.31. The number of hydrogen-bond donors (Lipinski definition) is 1. The van der Waals surface area contributed by atoms with Crippen LogP contribution in [-0.2, 0) is 4.84 Å². The molecule has 1 aromatic heterocycles. The Bertz CT molecular complexity index is 853. The van der Waals surface area contributed by atoms with Crippen molar-refractivity contribution in [2.75, 3.05) is 7.05 Å². The van der Waals surface area contributed by atoms with Crippen molar-refractivity contribution in [2.24, 2.45) is 5.16 Å². The van der Waals surface area contributed by atoms with E-state index < -0.39 is 12.5 Å². The Morgan fingerprint density at radius 1 is 1.22 bits per heavy atom. The van der Waals surface area contributed by atoms with E-state index in [0.717, 1.165) is 0 Å². The van der Waals surface area contributed by atoms with Crippen molar-refractivity contribution in [1.82, 2.24) is 10.3 Å². The van der Waals surface area contributed by atoms with E-state index in [9.17, 15) is 18.0 Å². The summed E-state index contributed by atoms with van der Waals surface area (Å²) in [5.41, 5.74) is 0.940. The van der Waals surface area contributed by atoms with Crippen LogP contribution in [0.5, 0.6) is 11.5 Å². The molecule has 1 atom stereocenters. The van der Waals surface area contributed by atoms with Crippen LogP contribution in [0.15, 0.2) is 47.9 Å². The molecule has 3 rings (SSSR count). The number of aromatic nitrogens is 1. The molecule has 0 unspecified atom stereocenters. The minimum absolute atomic E-state index is 0.256. The van der Waals surface area contributed by atoms with E-state index >= 15 is 0 Å². The molecule has 0 saturated heterocycles. The predicted molar refractivity (Wildman–Crippen MR) is 87.3 cm³/mol. The molecule has 1 amide bonds. The highest BCUT2D eigenvalue weighted by atomic mass is 19.4. The second kappa shape index (κ2) is 7.52. The van der Waals surface area contributed by atoms with Crippen LogP contribution in [0.3, 0.4) is 0 Å². The first-order valence-electron chi connectivity index (χ1n) is 7.77. The summed E-state index contributed by atoms with van der Waals surface area (Å²) in [4.78, 5) is 20.8. The van der Waals surface area contributed by atoms with Crippen molar-refractivity contribution < 1.29 is 32.3 Å². The molecule has 142 valence electrons. The van der Waals surface area contributed by atoms with Crippen LogP contribution in [-0.4, -0.2) is 30.2 Å². The number of oxime groups is 1. The number of hydrogen-bond acceptors (Lipinski definition) is 6. The SMILES string of the molecule is CNC(=O)c1cncc(OC2=NO[C@@H](c3ccc(OC(F)(F)F)cc3)C2)c1. The van der Waals surface area contributed by atoms with Gasteiger partial charge in [0.05, 0.1) is 18.2 Å². The summed E-state index contributed by atoms with van der Waals surface area (Å²) in [7, 11) is 1.50. The van der Waals surface area contributed by atoms with Gasteiger partial charge in [0.2, 0.25) is 5.90 Å². The van der Waals surface area contributed by atoms with Gasteiger partial charge in [-0.25, -0.2) is 0 Å². The van der Waals surface area contributed by atoms with Crippen LogP contribution >= 0.6 is 0 Å². The van der Waals surface area contributed by atoms with Gasteiger partial charge in [0.1, 0.15) is 11.5 Å². The van der Waals surface area contributed by atoms with E-state index in [0.29, 0.717) is 16.9 Å². The molecule has 1 aliphatic rings. The third-order valence-electron chi connectivity index (χ3n) is 3.57. The molecular formula is C17H14F3N3O4. The number of carbonyl (C=O) groups is 1. The van der Waals surface area contributed by atoms with E-state index in [1.807, 2.05) is 0 Å². The van der Waals surface area contributed by atoms with Gasteiger partial charge in [-0.15, -0.1) is 13.2 Å². The lowest BCUT2D eigenvalue weighted by Gasteiger charge is -2.11. The second-order valence-corrected chi connectivity index (χ2v) is 5.49. The molecular weight excluding hydrogens is 367 g/mol. The summed E-state index contributed by atoms with van der Waals surface area (Å²) < 4.78 is 46.0. The summed E-state index contributed by atoms with van der Waals surface area (Å²) in [6.45, 7) is 0. The molecule has 0 bridgehead atoms. The fourth-order valence-corrected chi connectivity index (χ4v) is 2.36. The average molecular weight is 381 g/mol. The Labute approximate surface area is 151 Å². The Morgan fingerprint density at radius 2 is 1.96 bits per heavy atom. The Balaban J connectivity index is 1.61. The Kier molecular flexibility index (Phi) is 5.15. The minimum atomic E-state index is -4.74. The zero-order chi connectivity index (χ0) is 19.4. The first-order chi connectivity index (χ1) is 12.8. The standard InChI is InChI=1S/C17H14F3N3O4/c1-21-16(24)11-6-13(9-22-8-11)25-15-7-14(27-23-15)10-2-4-12(5-3-10)26-17(18,19)20/h2-6,8-9,14H,7H2,1H3,(H,21,24)/t14-/m1/s1. The highest BCUT2D eigenvalue weighted by molar-refractivity contribution is 5.94. The molecule has 2 aromatic rings. The third-order valence-corrected chi connectivity index (χ3v) is 3.57. The molecule has 2 heterocycles. The normalized spacial score (nSPS) is 16.3. The van der Waals surface area contributed by atoms with Crippen molar-refractivity contribution >= 4 is 11.8 Å². The summed E-state index contributed by atoms with van der Waals surface area (Å²) in [5.74, 6) is -0.0603. The summed E-state index contributed by atoms with van der Waals surface area (Å²) >= 11 is 0. The zero-order valence-electron chi connectivity index (χ0n) is 14.0. The maximum absolute atomic E-state index is 12.2. The number of amides is 1. The highest BCUT2D eigenvalue weighted by Crippen LogP contribution is 2.30. The fraction of sp³-hybridized carbons (Fsp3) is 0.235. The fourth-order valence-electron chi connectivity index (χ4n) is 2.36. The van der Waals surface area contributed by atoms with Gasteiger partial charge < -0.3 is 19.6 Å². The molecule has 1 N–H and O–H groups in total. The van der Waals surface area contributed by atoms with Crippen LogP contribution in [0, 0.1) is 0 Å². The predicted octanol–water partition coefficient (Wildman–Crippen LogP) is 3.19. The number of nitrogens with zero attached hydrogens (tertiary/aromatic N) is 2. The zero-order valence-corrected chi connectivity index (χ0v) is 14.0. The number of pyridine rings is 1. The molecule has 1 aromatic carbocycles. The molecule has 1 aliphatic heterocycles. The average Bonchev–Trinajstić information content (AvgIpc) is 3.09. The van der Waals surface area contributed by atoms with Gasteiger partial charge in [-0.1, -0.05) is 17.3 Å². The lowest BCUT2D eigenvalue weighted by molar-refractivity contribution is -0.274. The van der Waals surface area contributed by atoms with Crippen LogP contribution in [0.1, 0.15) is 28.4 Å². The first-order valence-corrected chi connectivity index (χ1v) is 7.77. The third kappa shape index (κ3) is 4.87. The van der Waals surface area contributed by atoms with E-state index in [2.05, 4.69) is 20.2 Å². The van der Waals surface area contributed by atoms with E-state index in [4.69, 9.17) is 9.57 Å². The molecule has 7 nitrogen and oxygen atoms in total. The summed E-state index contributed by atoms with van der Waals surface area (Å²) in [6, 6.07) is 6.81. The van der Waals surface area contributed by atoms with Crippen LogP contribution in [0.25, 0.3) is 0 Å². The van der Waals surface area contributed by atoms with Crippen molar-refractivity contribution in [1.29, 1.82) is 0 Å². The van der Waals surface area contributed by atoms with Gasteiger partial charge in [-0.05, 0) is 23.8 Å². The molecule has 27 heavy (non-hydrogen) atoms. The lowest BCUT2D eigenvalue weighted by Crippen LogP contribution is -2.18. The molecule has 0 fully saturated rings. The van der Waals surface area contributed by atoms with Crippen LogP contribution in [0.4, 0.5) is 13.2 Å². The van der Waals surface area contributed by atoms with Crippen LogP contribution < -0.4 is 14.8 Å². The number of rotatable bonds is 4. The van der Waals surface area contributed by atoms with E-state index in [1.54, 1.807) is 0 Å². The molecule has 10 heteroatoms. The van der Waals surface area contributed by atoms with Gasteiger partial charge in [0.25, 0.3) is 5.91 Å². The van der Waals surface area contributed by atoms with Gasteiger partial charge in [0.15, 0.2) is 6.10 Å². The summed E-state index contributed by atoms with van der Waals surface area (Å²) in [5, 5.41) is 6.30. The van der Waals surface area contributed by atoms with Gasteiger partial charge in [0, 0.05) is 13.2 Å². The van der Waals surface area contributed by atoms with Crippen molar-refractivity contribution in [3.8, 4) is 11.5 Å². The topological polar surface area (TPSA) is 82.0 Å². The molecule has 0 spiro atoms. The largest absolute Gasteiger partial charge is 0.573 e. The number of ether oxygens (including phenoxy) is 2. The van der Waals surface area contributed by atoms with Gasteiger partial charge >= 0.3 is 6.36 Å². The molecule has 0 saturated carbocycles. The minimum Gasteiger partial charge on any atom is -0.438 e. The molecule has 0 radical (unpaired) electrons.